The van der Waals surface area contributed by atoms with Crippen LogP contribution in [0.15, 0.2) is 61.2 Å². The molecule has 2 N–H and O–H groups in total. The van der Waals surface area contributed by atoms with Crippen LogP contribution in [0, 0.1) is 0 Å². The molecule has 0 radical (unpaired) electrons. The predicted molar refractivity (Wildman–Crippen MR) is 107 cm³/mol. The Balaban J connectivity index is 1.47. The lowest BCUT2D eigenvalue weighted by Gasteiger charge is -2.27. The summed E-state index contributed by atoms with van der Waals surface area (Å²) in [5.41, 5.74) is -1.63. The molecule has 160 valence electrons. The van der Waals surface area contributed by atoms with E-state index in [9.17, 15) is 23.1 Å². The maximum atomic E-state index is 13.7. The zero-order chi connectivity index (χ0) is 22.1. The van der Waals surface area contributed by atoms with Gasteiger partial charge in [-0.25, -0.2) is 14.6 Å². The van der Waals surface area contributed by atoms with E-state index in [1.807, 2.05) is 0 Å². The maximum Gasteiger partial charge on any atom is 0.424 e. The fourth-order valence-corrected chi connectivity index (χ4v) is 4.02. The van der Waals surface area contributed by atoms with Gasteiger partial charge in [0.2, 0.25) is 11.5 Å². The second-order valence-electron chi connectivity index (χ2n) is 6.80. The number of thiazole rings is 1. The molecule has 31 heavy (non-hydrogen) atoms. The van der Waals surface area contributed by atoms with Crippen molar-refractivity contribution in [3.05, 3.63) is 71.8 Å². The molecule has 1 atom stereocenters. The van der Waals surface area contributed by atoms with Gasteiger partial charge in [-0.2, -0.15) is 18.3 Å². The predicted octanol–water partition coefficient (Wildman–Crippen LogP) is 3.33. The number of aliphatic hydroxyl groups is 1. The Bertz CT molecular complexity index is 1160. The third-order valence-electron chi connectivity index (χ3n) is 4.64. The number of fused-ring (bicyclic) bond motifs is 1. The molecule has 11 heteroatoms. The van der Waals surface area contributed by atoms with Gasteiger partial charge in [-0.05, 0) is 29.8 Å². The lowest BCUT2D eigenvalue weighted by molar-refractivity contribution is -0.267. The first kappa shape index (κ1) is 20.9. The highest BCUT2D eigenvalue weighted by atomic mass is 32.1. The molecular weight excluding hydrogens is 431 g/mol. The number of aromatic nitrogens is 4. The van der Waals surface area contributed by atoms with Crippen molar-refractivity contribution in [2.75, 3.05) is 0 Å². The number of carbonyl (C=O) groups is 1. The quantitative estimate of drug-likeness (QED) is 0.473. The molecule has 7 nitrogen and oxygen atoms in total. The van der Waals surface area contributed by atoms with Crippen LogP contribution in [0.1, 0.15) is 17.0 Å². The van der Waals surface area contributed by atoms with E-state index < -0.39 is 29.1 Å². The summed E-state index contributed by atoms with van der Waals surface area (Å²) in [6.07, 6.45) is -3.34. The number of carbonyl (C=O) groups excluding carboxylic acids is 1. The standard InChI is InChI=1S/C20H16F3N5O2S/c21-20(22,23)19(30,18-27-15-3-1-2-4-16(15)31-18)9-17(29)25-10-13-5-7-14(8-6-13)28-12-24-11-26-28/h1-8,11-12,30H,9-10H2,(H,25,29). The molecule has 0 spiro atoms. The van der Waals surface area contributed by atoms with E-state index in [0.29, 0.717) is 27.1 Å². The molecule has 4 rings (SSSR count). The molecule has 1 unspecified atom stereocenters. The zero-order valence-electron chi connectivity index (χ0n) is 15.9. The van der Waals surface area contributed by atoms with E-state index in [0.717, 1.165) is 5.69 Å². The average Bonchev–Trinajstić information content (AvgIpc) is 3.42. The number of nitrogens with zero attached hydrogens (tertiary/aromatic N) is 4. The van der Waals surface area contributed by atoms with Gasteiger partial charge in [0.05, 0.1) is 22.3 Å². The molecule has 2 aromatic carbocycles. The molecular formula is C20H16F3N5O2S. The highest BCUT2D eigenvalue weighted by Gasteiger charge is 2.58. The highest BCUT2D eigenvalue weighted by Crippen LogP contribution is 2.44. The van der Waals surface area contributed by atoms with Gasteiger partial charge in [0.15, 0.2) is 0 Å². The van der Waals surface area contributed by atoms with Crippen molar-refractivity contribution in [1.82, 2.24) is 25.1 Å². The van der Waals surface area contributed by atoms with Crippen molar-refractivity contribution >= 4 is 27.5 Å². The molecule has 0 aliphatic carbocycles. The van der Waals surface area contributed by atoms with Crippen molar-refractivity contribution in [2.24, 2.45) is 0 Å². The Morgan fingerprint density at radius 2 is 1.87 bits per heavy atom. The summed E-state index contributed by atoms with van der Waals surface area (Å²) >= 11 is 0.713. The number of hydrogen-bond donors (Lipinski definition) is 2. The third-order valence-corrected chi connectivity index (χ3v) is 5.83. The first-order valence-corrected chi connectivity index (χ1v) is 9.94. The fourth-order valence-electron chi connectivity index (χ4n) is 2.95. The minimum absolute atomic E-state index is 0.00422. The number of para-hydroxylation sites is 1. The van der Waals surface area contributed by atoms with Crippen LogP contribution in [0.25, 0.3) is 15.9 Å². The minimum Gasteiger partial charge on any atom is -0.374 e. The van der Waals surface area contributed by atoms with Gasteiger partial charge in [0, 0.05) is 6.54 Å². The average molecular weight is 447 g/mol. The van der Waals surface area contributed by atoms with Gasteiger partial charge in [-0.3, -0.25) is 4.79 Å². The highest BCUT2D eigenvalue weighted by molar-refractivity contribution is 7.18. The maximum absolute atomic E-state index is 13.7. The fraction of sp³-hybridized carbons (Fsp3) is 0.200. The normalized spacial score (nSPS) is 13.8. The summed E-state index contributed by atoms with van der Waals surface area (Å²) in [6, 6.07) is 13.4. The van der Waals surface area contributed by atoms with Gasteiger partial charge < -0.3 is 10.4 Å². The Kier molecular flexibility index (Phi) is 5.46. The van der Waals surface area contributed by atoms with E-state index in [1.54, 1.807) is 53.2 Å². The van der Waals surface area contributed by atoms with Crippen LogP contribution in [0.4, 0.5) is 13.2 Å². The lowest BCUT2D eigenvalue weighted by atomic mass is 9.99. The molecule has 2 aromatic heterocycles. The number of amides is 1. The molecule has 0 saturated heterocycles. The Labute approximate surface area is 178 Å². The van der Waals surface area contributed by atoms with Gasteiger partial charge in [-0.1, -0.05) is 24.3 Å². The van der Waals surface area contributed by atoms with Gasteiger partial charge >= 0.3 is 6.18 Å². The van der Waals surface area contributed by atoms with E-state index in [2.05, 4.69) is 20.4 Å². The summed E-state index contributed by atoms with van der Waals surface area (Å²) in [4.78, 5) is 20.1. The van der Waals surface area contributed by atoms with E-state index in [-0.39, 0.29) is 6.54 Å². The molecule has 0 aliphatic rings. The summed E-state index contributed by atoms with van der Waals surface area (Å²) in [6.45, 7) is 0.00422. The van der Waals surface area contributed by atoms with Crippen molar-refractivity contribution in [3.8, 4) is 5.69 Å². The largest absolute Gasteiger partial charge is 0.424 e. The van der Waals surface area contributed by atoms with E-state index in [1.165, 1.54) is 12.7 Å². The van der Waals surface area contributed by atoms with Crippen molar-refractivity contribution in [2.45, 2.75) is 24.7 Å². The Morgan fingerprint density at radius 3 is 2.52 bits per heavy atom. The summed E-state index contributed by atoms with van der Waals surface area (Å²) in [5, 5.41) is 16.3. The van der Waals surface area contributed by atoms with Crippen molar-refractivity contribution < 1.29 is 23.1 Å². The van der Waals surface area contributed by atoms with Crippen molar-refractivity contribution in [3.63, 3.8) is 0 Å². The van der Waals surface area contributed by atoms with Crippen LogP contribution in [0.5, 0.6) is 0 Å². The summed E-state index contributed by atoms with van der Waals surface area (Å²) < 4.78 is 43.3. The number of benzene rings is 2. The smallest absolute Gasteiger partial charge is 0.374 e. The molecule has 0 bridgehead atoms. The number of alkyl halides is 3. The second kappa shape index (κ2) is 8.08. The Morgan fingerprint density at radius 1 is 1.13 bits per heavy atom. The summed E-state index contributed by atoms with van der Waals surface area (Å²) in [7, 11) is 0. The second-order valence-corrected chi connectivity index (χ2v) is 7.84. The van der Waals surface area contributed by atoms with Crippen molar-refractivity contribution in [1.29, 1.82) is 0 Å². The van der Waals surface area contributed by atoms with Crippen LogP contribution in [0.3, 0.4) is 0 Å². The molecule has 0 aliphatic heterocycles. The first-order chi connectivity index (χ1) is 14.8. The molecule has 0 saturated carbocycles. The zero-order valence-corrected chi connectivity index (χ0v) is 16.7. The van der Waals surface area contributed by atoms with Gasteiger partial charge in [0.1, 0.15) is 17.7 Å². The molecule has 1 amide bonds. The van der Waals surface area contributed by atoms with Crippen LogP contribution in [-0.2, 0) is 16.9 Å². The Hall–Kier alpha value is -3.31. The molecule has 2 heterocycles. The van der Waals surface area contributed by atoms with Crippen LogP contribution in [0.2, 0.25) is 0 Å². The molecule has 0 fully saturated rings. The summed E-state index contributed by atoms with van der Waals surface area (Å²) in [5.74, 6) is -0.945. The van der Waals surface area contributed by atoms with Gasteiger partial charge in [-0.15, -0.1) is 11.3 Å². The van der Waals surface area contributed by atoms with Crippen LogP contribution in [-0.4, -0.2) is 36.9 Å². The lowest BCUT2D eigenvalue weighted by Crippen LogP contribution is -2.46. The van der Waals surface area contributed by atoms with E-state index in [4.69, 9.17) is 0 Å². The SMILES string of the molecule is O=C(CC(O)(c1nc2ccccc2s1)C(F)(F)F)NCc1ccc(-n2cncn2)cc1. The number of nitrogens with one attached hydrogen (secondary N) is 1. The number of rotatable bonds is 6. The van der Waals surface area contributed by atoms with Gasteiger partial charge in [0.25, 0.3) is 0 Å². The topological polar surface area (TPSA) is 92.9 Å². The van der Waals surface area contributed by atoms with Crippen LogP contribution < -0.4 is 5.32 Å². The monoisotopic (exact) mass is 447 g/mol. The van der Waals surface area contributed by atoms with Crippen LogP contribution >= 0.6 is 11.3 Å². The number of hydrogen-bond acceptors (Lipinski definition) is 6. The number of halogens is 3. The molecule has 4 aromatic rings. The first-order valence-electron chi connectivity index (χ1n) is 9.12. The minimum atomic E-state index is -5.07. The van der Waals surface area contributed by atoms with E-state index >= 15 is 0 Å². The third kappa shape index (κ3) is 4.28.